The minimum Gasteiger partial charge on any atom is -0.322 e. The van der Waals surface area contributed by atoms with Gasteiger partial charge in [-0.2, -0.15) is 0 Å². The van der Waals surface area contributed by atoms with E-state index in [0.29, 0.717) is 33.6 Å². The van der Waals surface area contributed by atoms with Gasteiger partial charge in [-0.25, -0.2) is 18.0 Å². The number of hydrogen-bond donors (Lipinski definition) is 2. The number of nitrogens with one attached hydrogen (secondary N) is 2. The fourth-order valence-electron chi connectivity index (χ4n) is 4.18. The van der Waals surface area contributed by atoms with Crippen molar-refractivity contribution in [2.45, 2.75) is 35.6 Å². The van der Waals surface area contributed by atoms with Crippen molar-refractivity contribution in [1.29, 1.82) is 0 Å². The van der Waals surface area contributed by atoms with Gasteiger partial charge in [-0.15, -0.1) is 0 Å². The van der Waals surface area contributed by atoms with E-state index >= 15 is 0 Å². The van der Waals surface area contributed by atoms with Crippen molar-refractivity contribution in [1.82, 2.24) is 9.97 Å². The summed E-state index contributed by atoms with van der Waals surface area (Å²) in [5.41, 5.74) is 2.00. The van der Waals surface area contributed by atoms with Crippen LogP contribution in [0.2, 0.25) is 0 Å². The van der Waals surface area contributed by atoms with Crippen LogP contribution < -0.4 is 14.6 Å². The standard InChI is InChI=1S/C31H27N5O4S2/c37-30(14-6-9-21-36-19-7-1-8-20-36)41-28-13-5-2-10-25(28)31(38)33-23-15-17-24(18-16-23)42(39,40)35-29-22-32-26-11-3-4-12-27(26)34-29/h1-5,7-8,10-13,15-20,22H,6,9,14,21H2,(H-,33,34,35,38)/p+1. The molecule has 0 aliphatic heterocycles. The smallest absolute Gasteiger partial charge is 0.263 e. The largest absolute Gasteiger partial charge is 0.322 e. The number of carbonyl (C=O) groups excluding carboxylic acids is 2. The minimum atomic E-state index is -3.93. The lowest BCUT2D eigenvalue weighted by Gasteiger charge is -2.11. The normalized spacial score (nSPS) is 11.2. The average molecular weight is 599 g/mol. The number of nitrogens with zero attached hydrogens (tertiary/aromatic N) is 3. The van der Waals surface area contributed by atoms with Crippen molar-refractivity contribution in [3.8, 4) is 0 Å². The van der Waals surface area contributed by atoms with Gasteiger partial charge in [0.05, 0.1) is 27.7 Å². The molecule has 11 heteroatoms. The zero-order valence-electron chi connectivity index (χ0n) is 22.5. The average Bonchev–Trinajstić information content (AvgIpc) is 3.00. The zero-order valence-corrected chi connectivity index (χ0v) is 24.1. The lowest BCUT2D eigenvalue weighted by Crippen LogP contribution is -2.32. The van der Waals surface area contributed by atoms with Gasteiger partial charge in [-0.05, 0) is 55.0 Å². The third-order valence-corrected chi connectivity index (χ3v) is 8.67. The van der Waals surface area contributed by atoms with Crippen LogP contribution >= 0.6 is 11.8 Å². The molecule has 0 fully saturated rings. The summed E-state index contributed by atoms with van der Waals surface area (Å²) in [5.74, 6) is -0.295. The molecule has 0 atom stereocenters. The summed E-state index contributed by atoms with van der Waals surface area (Å²) < 4.78 is 30.3. The van der Waals surface area contributed by atoms with E-state index in [1.54, 1.807) is 42.5 Å². The Kier molecular flexibility index (Phi) is 9.20. The fraction of sp³-hybridized carbons (Fsp3) is 0.129. The Morgan fingerprint density at radius 2 is 1.52 bits per heavy atom. The van der Waals surface area contributed by atoms with Crippen molar-refractivity contribution < 1.29 is 22.6 Å². The van der Waals surface area contributed by atoms with Gasteiger partial charge in [-0.3, -0.25) is 19.3 Å². The monoisotopic (exact) mass is 598 g/mol. The molecule has 0 saturated heterocycles. The minimum absolute atomic E-state index is 0.00248. The molecule has 0 saturated carbocycles. The second kappa shape index (κ2) is 13.4. The molecule has 9 nitrogen and oxygen atoms in total. The van der Waals surface area contributed by atoms with E-state index in [9.17, 15) is 18.0 Å². The van der Waals surface area contributed by atoms with Gasteiger partial charge in [-0.1, -0.05) is 42.1 Å². The van der Waals surface area contributed by atoms with Crippen LogP contribution in [-0.2, 0) is 21.4 Å². The first-order chi connectivity index (χ1) is 20.4. The van der Waals surface area contributed by atoms with Crippen LogP contribution in [0.5, 0.6) is 0 Å². The molecule has 0 unspecified atom stereocenters. The molecule has 5 aromatic rings. The van der Waals surface area contributed by atoms with Crippen molar-refractivity contribution >= 4 is 55.3 Å². The van der Waals surface area contributed by atoms with Crippen molar-refractivity contribution in [3.63, 3.8) is 0 Å². The molecule has 5 rings (SSSR count). The number of thioether (sulfide) groups is 1. The molecule has 2 aromatic heterocycles. The molecule has 42 heavy (non-hydrogen) atoms. The predicted octanol–water partition coefficient (Wildman–Crippen LogP) is 5.46. The maximum absolute atomic E-state index is 13.1. The molecule has 2 heterocycles. The van der Waals surface area contributed by atoms with Crippen LogP contribution in [0.15, 0.2) is 119 Å². The third-order valence-electron chi connectivity index (χ3n) is 6.29. The van der Waals surface area contributed by atoms with Gasteiger partial charge < -0.3 is 5.32 Å². The van der Waals surface area contributed by atoms with Gasteiger partial charge in [0.2, 0.25) is 0 Å². The number of aromatic nitrogens is 3. The Morgan fingerprint density at radius 3 is 2.31 bits per heavy atom. The second-order valence-electron chi connectivity index (χ2n) is 9.37. The molecule has 212 valence electrons. The van der Waals surface area contributed by atoms with Crippen LogP contribution in [0, 0.1) is 0 Å². The van der Waals surface area contributed by atoms with Gasteiger partial charge in [0.1, 0.15) is 6.54 Å². The van der Waals surface area contributed by atoms with E-state index in [0.717, 1.165) is 31.1 Å². The zero-order chi connectivity index (χ0) is 29.4. The van der Waals surface area contributed by atoms with Gasteiger partial charge in [0, 0.05) is 35.6 Å². The number of para-hydroxylation sites is 2. The first-order valence-corrected chi connectivity index (χ1v) is 15.6. The lowest BCUT2D eigenvalue weighted by atomic mass is 10.2. The first-order valence-electron chi connectivity index (χ1n) is 13.3. The van der Waals surface area contributed by atoms with Crippen LogP contribution in [0.25, 0.3) is 11.0 Å². The molecular formula is C31H28N5O4S2+. The van der Waals surface area contributed by atoms with Crippen LogP contribution in [0.4, 0.5) is 11.5 Å². The SMILES string of the molecule is O=C(CCCC[n+]1ccccc1)Sc1ccccc1C(=O)Nc1ccc(S(=O)(=O)Nc2cnc3ccccc3n2)cc1. The maximum atomic E-state index is 13.1. The van der Waals surface area contributed by atoms with Crippen LogP contribution in [0.1, 0.15) is 29.6 Å². The first kappa shape index (κ1) is 28.9. The molecule has 0 radical (unpaired) electrons. The Balaban J connectivity index is 1.17. The highest BCUT2D eigenvalue weighted by Gasteiger charge is 2.18. The topological polar surface area (TPSA) is 122 Å². The summed E-state index contributed by atoms with van der Waals surface area (Å²) >= 11 is 1.06. The quantitative estimate of drug-likeness (QED) is 0.118. The van der Waals surface area contributed by atoms with E-state index in [4.69, 9.17) is 0 Å². The van der Waals surface area contributed by atoms with E-state index in [2.05, 4.69) is 24.6 Å². The summed E-state index contributed by atoms with van der Waals surface area (Å²) in [7, 11) is -3.93. The number of fused-ring (bicyclic) bond motifs is 1. The third kappa shape index (κ3) is 7.56. The number of rotatable bonds is 11. The molecule has 2 N–H and O–H groups in total. The molecular weight excluding hydrogens is 571 g/mol. The van der Waals surface area contributed by atoms with E-state index in [1.807, 2.05) is 36.7 Å². The number of hydrogen-bond acceptors (Lipinski definition) is 7. The molecule has 1 amide bonds. The van der Waals surface area contributed by atoms with Crippen LogP contribution in [0.3, 0.4) is 0 Å². The molecule has 3 aromatic carbocycles. The summed E-state index contributed by atoms with van der Waals surface area (Å²) in [6, 6.07) is 25.8. The highest BCUT2D eigenvalue weighted by atomic mass is 32.2. The number of amides is 1. The maximum Gasteiger partial charge on any atom is 0.263 e. The van der Waals surface area contributed by atoms with Crippen molar-refractivity contribution in [2.24, 2.45) is 0 Å². The van der Waals surface area contributed by atoms with Crippen molar-refractivity contribution in [3.05, 3.63) is 115 Å². The highest BCUT2D eigenvalue weighted by molar-refractivity contribution is 8.13. The number of unbranched alkanes of at least 4 members (excludes halogenated alkanes) is 1. The van der Waals surface area contributed by atoms with E-state index in [-0.39, 0.29) is 15.8 Å². The summed E-state index contributed by atoms with van der Waals surface area (Å²) in [6.45, 7) is 0.839. The fourth-order valence-corrected chi connectivity index (χ4v) is 6.08. The highest BCUT2D eigenvalue weighted by Crippen LogP contribution is 2.26. The second-order valence-corrected chi connectivity index (χ2v) is 12.2. The van der Waals surface area contributed by atoms with Crippen molar-refractivity contribution in [2.75, 3.05) is 10.0 Å². The Labute approximate surface area is 248 Å². The number of carbonyl (C=O) groups is 2. The molecule has 0 aliphatic carbocycles. The number of anilines is 2. The molecule has 0 bridgehead atoms. The number of aryl methyl sites for hydroxylation is 1. The number of sulfonamides is 1. The number of pyridine rings is 1. The lowest BCUT2D eigenvalue weighted by molar-refractivity contribution is -0.697. The Bertz CT molecular complexity index is 1820. The molecule has 0 spiro atoms. The summed E-state index contributed by atoms with van der Waals surface area (Å²) in [5, 5.41) is 2.78. The predicted molar refractivity (Wildman–Crippen MR) is 163 cm³/mol. The van der Waals surface area contributed by atoms with Gasteiger partial charge >= 0.3 is 0 Å². The van der Waals surface area contributed by atoms with Gasteiger partial charge in [0.15, 0.2) is 23.3 Å². The van der Waals surface area contributed by atoms with E-state index in [1.165, 1.54) is 30.5 Å². The summed E-state index contributed by atoms with van der Waals surface area (Å²) in [4.78, 5) is 34.8. The van der Waals surface area contributed by atoms with Gasteiger partial charge in [0.25, 0.3) is 15.9 Å². The van der Waals surface area contributed by atoms with E-state index < -0.39 is 15.9 Å². The van der Waals surface area contributed by atoms with Crippen LogP contribution in [-0.4, -0.2) is 29.4 Å². The Hall–Kier alpha value is -4.61. The number of benzene rings is 3. The molecule has 0 aliphatic rings. The Morgan fingerprint density at radius 1 is 0.810 bits per heavy atom. The summed E-state index contributed by atoms with van der Waals surface area (Å²) in [6.07, 6.45) is 7.38.